The fraction of sp³-hybridized carbons (Fsp3) is 0.833. The first-order chi connectivity index (χ1) is 3.79. The van der Waals surface area contributed by atoms with E-state index in [1.54, 1.807) is 0 Å². The van der Waals surface area contributed by atoms with Crippen molar-refractivity contribution >= 4 is 12.6 Å². The number of hydrogen-bond acceptors (Lipinski definition) is 2. The summed E-state index contributed by atoms with van der Waals surface area (Å²) in [6.07, 6.45) is 2.21. The molecule has 1 fully saturated rings. The van der Waals surface area contributed by atoms with E-state index in [-0.39, 0.29) is 6.04 Å². The maximum absolute atomic E-state index is 5.55. The molecule has 0 saturated carbocycles. The van der Waals surface area contributed by atoms with Crippen LogP contribution >= 0.6 is 12.6 Å². The summed E-state index contributed by atoms with van der Waals surface area (Å²) in [6, 6.07) is 0.221. The van der Waals surface area contributed by atoms with Gasteiger partial charge in [0.05, 0.1) is 0 Å². The van der Waals surface area contributed by atoms with Gasteiger partial charge >= 0.3 is 0 Å². The van der Waals surface area contributed by atoms with Crippen molar-refractivity contribution in [1.29, 1.82) is 0 Å². The Bertz CT molecular complexity index is 56.9. The second-order valence-electron chi connectivity index (χ2n) is 2.25. The van der Waals surface area contributed by atoms with E-state index in [2.05, 4.69) is 17.9 Å². The summed E-state index contributed by atoms with van der Waals surface area (Å²) in [5, 5.41) is 3.66. The van der Waals surface area contributed by atoms with Crippen LogP contribution in [0, 0.1) is 6.92 Å². The summed E-state index contributed by atoms with van der Waals surface area (Å²) in [4.78, 5) is 0. The zero-order valence-corrected chi connectivity index (χ0v) is 5.70. The molecule has 2 unspecified atom stereocenters. The van der Waals surface area contributed by atoms with Gasteiger partial charge in [-0.25, -0.2) is 0 Å². The minimum atomic E-state index is 0.221. The van der Waals surface area contributed by atoms with Crippen LogP contribution in [0.25, 0.3) is 0 Å². The van der Waals surface area contributed by atoms with Gasteiger partial charge < -0.3 is 5.32 Å². The standard InChI is InChI=1S/C6H11NS/c1-5-2-3-6(8)4-7-5/h1,5-8H,2-4H2. The Hall–Kier alpha value is 0.310. The van der Waals surface area contributed by atoms with E-state index >= 15 is 0 Å². The van der Waals surface area contributed by atoms with Crippen molar-refractivity contribution in [2.45, 2.75) is 24.1 Å². The zero-order valence-electron chi connectivity index (χ0n) is 4.80. The highest BCUT2D eigenvalue weighted by atomic mass is 32.1. The summed E-state index contributed by atoms with van der Waals surface area (Å²) >= 11 is 4.28. The van der Waals surface area contributed by atoms with E-state index in [1.165, 1.54) is 0 Å². The van der Waals surface area contributed by atoms with Crippen molar-refractivity contribution in [1.82, 2.24) is 5.32 Å². The normalized spacial score (nSPS) is 39.8. The Morgan fingerprint density at radius 2 is 2.25 bits per heavy atom. The van der Waals surface area contributed by atoms with Crippen LogP contribution in [-0.2, 0) is 0 Å². The second kappa shape index (κ2) is 2.74. The molecule has 0 spiro atoms. The van der Waals surface area contributed by atoms with Gasteiger partial charge in [-0.15, -0.1) is 0 Å². The molecule has 1 nitrogen and oxygen atoms in total. The summed E-state index contributed by atoms with van der Waals surface area (Å²) in [5.41, 5.74) is 0. The molecule has 0 aliphatic carbocycles. The molecule has 1 heterocycles. The molecule has 1 N–H and O–H groups in total. The zero-order chi connectivity index (χ0) is 5.98. The van der Waals surface area contributed by atoms with Crippen LogP contribution in [0.3, 0.4) is 0 Å². The molecular formula is C6H11NS. The van der Waals surface area contributed by atoms with Crippen LogP contribution in [0.1, 0.15) is 12.8 Å². The molecule has 46 valence electrons. The smallest absolute Gasteiger partial charge is 0.0142 e. The van der Waals surface area contributed by atoms with E-state index < -0.39 is 0 Å². The Kier molecular flexibility index (Phi) is 2.20. The molecule has 1 rings (SSSR count). The summed E-state index contributed by atoms with van der Waals surface area (Å²) < 4.78 is 0. The molecule has 1 saturated heterocycles. The van der Waals surface area contributed by atoms with Gasteiger partial charge in [0.2, 0.25) is 0 Å². The van der Waals surface area contributed by atoms with E-state index in [1.807, 2.05) is 0 Å². The lowest BCUT2D eigenvalue weighted by Gasteiger charge is -2.23. The average Bonchev–Trinajstić information content (AvgIpc) is 1.77. The van der Waals surface area contributed by atoms with Gasteiger partial charge in [0, 0.05) is 17.8 Å². The van der Waals surface area contributed by atoms with E-state index in [0.29, 0.717) is 5.25 Å². The lowest BCUT2D eigenvalue weighted by atomic mass is 10.1. The van der Waals surface area contributed by atoms with Crippen LogP contribution in [0.5, 0.6) is 0 Å². The first kappa shape index (κ1) is 6.43. The molecule has 1 aliphatic heterocycles. The van der Waals surface area contributed by atoms with Crippen molar-refractivity contribution < 1.29 is 0 Å². The molecule has 0 bridgehead atoms. The Morgan fingerprint density at radius 3 is 2.62 bits per heavy atom. The minimum Gasteiger partial charge on any atom is -0.313 e. The number of piperidine rings is 1. The molecule has 2 atom stereocenters. The third kappa shape index (κ3) is 1.67. The summed E-state index contributed by atoms with van der Waals surface area (Å²) in [7, 11) is 0. The predicted octanol–water partition coefficient (Wildman–Crippen LogP) is 0.748. The first-order valence-electron chi connectivity index (χ1n) is 2.96. The molecular weight excluding hydrogens is 118 g/mol. The molecule has 0 aromatic heterocycles. The van der Waals surface area contributed by atoms with Gasteiger partial charge in [-0.2, -0.15) is 12.6 Å². The van der Waals surface area contributed by atoms with Crippen molar-refractivity contribution in [2.24, 2.45) is 0 Å². The van der Waals surface area contributed by atoms with Gasteiger partial charge in [-0.1, -0.05) is 0 Å². The fourth-order valence-corrected chi connectivity index (χ4v) is 1.12. The van der Waals surface area contributed by atoms with Crippen molar-refractivity contribution in [3.8, 4) is 0 Å². The first-order valence-corrected chi connectivity index (χ1v) is 3.47. The molecule has 1 aliphatic rings. The van der Waals surface area contributed by atoms with Gasteiger partial charge in [0.25, 0.3) is 0 Å². The van der Waals surface area contributed by atoms with Gasteiger partial charge in [0.15, 0.2) is 0 Å². The third-order valence-corrected chi connectivity index (χ3v) is 1.87. The second-order valence-corrected chi connectivity index (χ2v) is 2.98. The van der Waals surface area contributed by atoms with E-state index in [9.17, 15) is 0 Å². The number of nitrogens with one attached hydrogen (secondary N) is 1. The number of thiol groups is 1. The molecule has 2 heteroatoms. The van der Waals surface area contributed by atoms with Gasteiger partial charge in [-0.3, -0.25) is 0 Å². The fourth-order valence-electron chi connectivity index (χ4n) is 0.863. The van der Waals surface area contributed by atoms with Crippen LogP contribution in [0.2, 0.25) is 0 Å². The minimum absolute atomic E-state index is 0.221. The van der Waals surface area contributed by atoms with Crippen molar-refractivity contribution in [3.05, 3.63) is 6.92 Å². The average molecular weight is 129 g/mol. The molecule has 2 radical (unpaired) electrons. The van der Waals surface area contributed by atoms with E-state index in [4.69, 9.17) is 6.92 Å². The highest BCUT2D eigenvalue weighted by Gasteiger charge is 2.12. The lowest BCUT2D eigenvalue weighted by Crippen LogP contribution is -2.37. The van der Waals surface area contributed by atoms with Crippen molar-refractivity contribution in [3.63, 3.8) is 0 Å². The Balaban J connectivity index is 2.19. The van der Waals surface area contributed by atoms with Crippen LogP contribution in [-0.4, -0.2) is 17.8 Å². The monoisotopic (exact) mass is 129 g/mol. The van der Waals surface area contributed by atoms with E-state index in [0.717, 1.165) is 19.4 Å². The molecule has 0 aromatic rings. The maximum atomic E-state index is 5.55. The molecule has 0 aromatic carbocycles. The molecule has 0 amide bonds. The SMILES string of the molecule is [CH]C1CCC(S)CN1. The van der Waals surface area contributed by atoms with Crippen LogP contribution in [0.15, 0.2) is 0 Å². The van der Waals surface area contributed by atoms with Gasteiger partial charge in [0.1, 0.15) is 0 Å². The summed E-state index contributed by atoms with van der Waals surface area (Å²) in [6.45, 7) is 6.51. The van der Waals surface area contributed by atoms with Crippen molar-refractivity contribution in [2.75, 3.05) is 6.54 Å². The van der Waals surface area contributed by atoms with Gasteiger partial charge in [-0.05, 0) is 19.8 Å². The number of rotatable bonds is 0. The quantitative estimate of drug-likeness (QED) is 0.460. The topological polar surface area (TPSA) is 12.0 Å². The Labute approximate surface area is 56.3 Å². The predicted molar refractivity (Wildman–Crippen MR) is 38.1 cm³/mol. The largest absolute Gasteiger partial charge is 0.313 e. The highest BCUT2D eigenvalue weighted by Crippen LogP contribution is 2.10. The highest BCUT2D eigenvalue weighted by molar-refractivity contribution is 7.81. The Morgan fingerprint density at radius 1 is 1.50 bits per heavy atom. The summed E-state index contributed by atoms with van der Waals surface area (Å²) in [5.74, 6) is 0. The maximum Gasteiger partial charge on any atom is 0.0142 e. The molecule has 8 heavy (non-hydrogen) atoms. The number of hydrogen-bond donors (Lipinski definition) is 2. The lowest BCUT2D eigenvalue weighted by molar-refractivity contribution is 0.463. The van der Waals surface area contributed by atoms with Crippen LogP contribution in [0.4, 0.5) is 0 Å². The van der Waals surface area contributed by atoms with Crippen LogP contribution < -0.4 is 5.32 Å². The third-order valence-electron chi connectivity index (χ3n) is 1.43.